The van der Waals surface area contributed by atoms with Gasteiger partial charge < -0.3 is 45.6 Å². The zero-order valence-electron chi connectivity index (χ0n) is 41.4. The molecular weight excluding hydrogens is 990 g/mol. The molecule has 73 heavy (non-hydrogen) atoms. The molecule has 0 aliphatic heterocycles. The summed E-state index contributed by atoms with van der Waals surface area (Å²) >= 11 is 11.9. The van der Waals surface area contributed by atoms with E-state index in [9.17, 15) is 48.4 Å². The van der Waals surface area contributed by atoms with Crippen LogP contribution in [-0.2, 0) is 35.3 Å². The lowest BCUT2D eigenvalue weighted by atomic mass is 9.82. The summed E-state index contributed by atoms with van der Waals surface area (Å²) in [7, 11) is 0. The Bertz CT molecular complexity index is 2790. The number of benzene rings is 4. The zero-order chi connectivity index (χ0) is 54.2. The number of carbonyl (C=O) groups excluding carboxylic acids is 1. The van der Waals surface area contributed by atoms with Crippen molar-refractivity contribution in [3.05, 3.63) is 153 Å². The Kier molecular flexibility index (Phi) is 21.8. The number of halogens is 4. The molecule has 2 aromatic heterocycles. The van der Waals surface area contributed by atoms with Gasteiger partial charge in [-0.2, -0.15) is 0 Å². The van der Waals surface area contributed by atoms with Crippen LogP contribution < -0.4 is 11.1 Å². The molecule has 0 saturated carbocycles. The summed E-state index contributed by atoms with van der Waals surface area (Å²) in [5.74, 6) is -3.86. The van der Waals surface area contributed by atoms with E-state index in [1.165, 1.54) is 44.2 Å². The lowest BCUT2D eigenvalue weighted by Crippen LogP contribution is -2.44. The molecule has 392 valence electrons. The third kappa shape index (κ3) is 17.9. The van der Waals surface area contributed by atoms with Crippen LogP contribution in [0.1, 0.15) is 98.0 Å². The normalized spacial score (nSPS) is 13.6. The maximum atomic E-state index is 14.2. The zero-order valence-corrected chi connectivity index (χ0v) is 42.9. The lowest BCUT2D eigenvalue weighted by molar-refractivity contribution is -0.152. The number of nitrogens with zero attached hydrogens (tertiary/aromatic N) is 2. The first kappa shape index (κ1) is 59.1. The highest BCUT2D eigenvalue weighted by molar-refractivity contribution is 6.31. The average Bonchev–Trinajstić information content (AvgIpc) is 4.01. The van der Waals surface area contributed by atoms with Crippen molar-refractivity contribution in [3.63, 3.8) is 0 Å². The van der Waals surface area contributed by atoms with Crippen LogP contribution in [0.15, 0.2) is 106 Å². The Balaban J connectivity index is 0.000000268. The monoisotopic (exact) mass is 1050 g/mol. The molecule has 1 amide bonds. The number of rotatable bonds is 21. The fraction of sp³-hybridized carbons (Fsp3) is 0.370. The second-order valence-corrected chi connectivity index (χ2v) is 20.2. The number of carboxylic acids is 3. The second-order valence-electron chi connectivity index (χ2n) is 19.3. The van der Waals surface area contributed by atoms with Crippen LogP contribution in [0.2, 0.25) is 10.0 Å². The number of hydrogen-bond acceptors (Lipinski definition) is 11. The van der Waals surface area contributed by atoms with Gasteiger partial charge in [0.2, 0.25) is 11.5 Å². The Morgan fingerprint density at radius 2 is 1.03 bits per heavy atom. The van der Waals surface area contributed by atoms with E-state index >= 15 is 0 Å². The van der Waals surface area contributed by atoms with Crippen molar-refractivity contribution in [2.45, 2.75) is 92.2 Å². The van der Waals surface area contributed by atoms with E-state index in [0.717, 1.165) is 17.5 Å². The molecule has 0 fully saturated rings. The van der Waals surface area contributed by atoms with Crippen LogP contribution in [-0.4, -0.2) is 85.0 Å². The van der Waals surface area contributed by atoms with Crippen molar-refractivity contribution in [3.8, 4) is 22.3 Å². The first-order valence-electron chi connectivity index (χ1n) is 23.3. The highest BCUT2D eigenvalue weighted by atomic mass is 35.5. The molecule has 0 saturated heterocycles. The van der Waals surface area contributed by atoms with E-state index in [0.29, 0.717) is 68.4 Å². The molecule has 0 unspecified atom stereocenters. The molecule has 4 atom stereocenters. The SMILES string of the molecule is CC(C)Cc1cc(C(=O)N[C@H](Cc2ccc(-c3cc(Cl)ccc3F)cc2)C[C@@](C)(CO)C(=O)O)on1.CC(C)Cc1cc(C(=O)O)on1.C[C@@](CO)(C[C@H](N)Cc1ccc(-c2cc(Cl)ccc2F)cc1)C(=O)O. The molecule has 6 rings (SSSR count). The third-order valence-corrected chi connectivity index (χ3v) is 12.1. The number of hydrogen-bond donors (Lipinski definition) is 7. The summed E-state index contributed by atoms with van der Waals surface area (Å²) in [5, 5.41) is 57.7. The van der Waals surface area contributed by atoms with Crippen LogP contribution in [0, 0.1) is 34.3 Å². The number of nitrogens with two attached hydrogens (primary N) is 1. The molecule has 0 radical (unpaired) electrons. The van der Waals surface area contributed by atoms with Crippen molar-refractivity contribution in [2.75, 3.05) is 13.2 Å². The summed E-state index contributed by atoms with van der Waals surface area (Å²) < 4.78 is 37.9. The van der Waals surface area contributed by atoms with Gasteiger partial charge in [0, 0.05) is 45.4 Å². The summed E-state index contributed by atoms with van der Waals surface area (Å²) in [6.45, 7) is 9.96. The molecule has 2 heterocycles. The standard InChI is InChI=1S/C27H30ClFN2O5.C19H21ClFNO3.C8H11NO3/c1-16(2)10-20-13-24(36-31-20)25(33)30-21(14-27(3,15-32)26(34)35)11-17-4-6-18(7-5-17)22-12-19(28)8-9-23(22)29;1-19(11-23,18(24)25)10-15(22)8-12-2-4-13(5-3-12)16-9-14(20)6-7-17(16)21;1-5(2)3-6-4-7(8(10)11)12-9-6/h4-9,12-13,16,21,32H,10-11,14-15H2,1-3H3,(H,30,33)(H,34,35);2-7,9,15,23H,8,10-11,22H2,1H3,(H,24,25);4-5H,3H2,1-2H3,(H,10,11)/t21-,27+;15-,19+;/m11./s1. The van der Waals surface area contributed by atoms with Gasteiger partial charge in [0.15, 0.2) is 0 Å². The number of carboxylic acid groups (broad SMARTS) is 3. The van der Waals surface area contributed by atoms with Gasteiger partial charge in [-0.3, -0.25) is 14.4 Å². The largest absolute Gasteiger partial charge is 0.481 e. The molecule has 8 N–H and O–H groups in total. The Hall–Kier alpha value is -6.50. The van der Waals surface area contributed by atoms with Crippen LogP contribution in [0.5, 0.6) is 0 Å². The van der Waals surface area contributed by atoms with Gasteiger partial charge in [-0.15, -0.1) is 0 Å². The number of aromatic carboxylic acids is 1. The molecule has 6 aromatic rings. The molecule has 15 nitrogen and oxygen atoms in total. The van der Waals surface area contributed by atoms with Crippen molar-refractivity contribution < 1.29 is 62.5 Å². The van der Waals surface area contributed by atoms with Gasteiger partial charge >= 0.3 is 17.9 Å². The van der Waals surface area contributed by atoms with Gasteiger partial charge in [0.1, 0.15) is 11.6 Å². The van der Waals surface area contributed by atoms with Gasteiger partial charge in [-0.25, -0.2) is 13.6 Å². The molecule has 4 aromatic carbocycles. The number of aliphatic hydroxyl groups excluding tert-OH is 2. The maximum absolute atomic E-state index is 14.2. The first-order valence-corrected chi connectivity index (χ1v) is 24.1. The molecule has 0 bridgehead atoms. The van der Waals surface area contributed by atoms with E-state index in [2.05, 4.69) is 20.2 Å². The van der Waals surface area contributed by atoms with Crippen molar-refractivity contribution >= 4 is 47.0 Å². The topological polar surface area (TPSA) is 260 Å². The number of aromatic nitrogens is 2. The minimum Gasteiger partial charge on any atom is -0.481 e. The number of aliphatic carboxylic acids is 2. The molecule has 0 spiro atoms. The molecule has 0 aliphatic rings. The van der Waals surface area contributed by atoms with Crippen molar-refractivity contribution in [1.29, 1.82) is 0 Å². The molecular formula is C54H62Cl2F2N4O11. The van der Waals surface area contributed by atoms with Crippen LogP contribution in [0.3, 0.4) is 0 Å². The predicted molar refractivity (Wildman–Crippen MR) is 272 cm³/mol. The van der Waals surface area contributed by atoms with E-state index in [1.807, 2.05) is 39.8 Å². The Morgan fingerprint density at radius 1 is 0.616 bits per heavy atom. The van der Waals surface area contributed by atoms with E-state index in [1.54, 1.807) is 54.6 Å². The smallest absolute Gasteiger partial charge is 0.374 e. The van der Waals surface area contributed by atoms with E-state index in [4.69, 9.17) is 38.6 Å². The fourth-order valence-corrected chi connectivity index (χ4v) is 7.93. The second kappa shape index (κ2) is 27.0. The van der Waals surface area contributed by atoms with Gasteiger partial charge in [0.25, 0.3) is 5.91 Å². The summed E-state index contributed by atoms with van der Waals surface area (Å²) in [4.78, 5) is 46.3. The summed E-state index contributed by atoms with van der Waals surface area (Å²) in [6, 6.07) is 24.9. The van der Waals surface area contributed by atoms with Crippen LogP contribution in [0.4, 0.5) is 8.78 Å². The minimum absolute atomic E-state index is 0.0256. The first-order chi connectivity index (χ1) is 34.3. The molecule has 19 heteroatoms. The summed E-state index contributed by atoms with van der Waals surface area (Å²) in [6.07, 6.45) is 2.27. The highest BCUT2D eigenvalue weighted by Crippen LogP contribution is 2.30. The van der Waals surface area contributed by atoms with Crippen molar-refractivity contribution in [2.24, 2.45) is 28.4 Å². The Morgan fingerprint density at radius 3 is 1.42 bits per heavy atom. The number of nitrogens with one attached hydrogen (secondary N) is 1. The number of amides is 1. The highest BCUT2D eigenvalue weighted by Gasteiger charge is 2.37. The maximum Gasteiger partial charge on any atom is 0.374 e. The van der Waals surface area contributed by atoms with Gasteiger partial charge in [-0.05, 0) is 123 Å². The van der Waals surface area contributed by atoms with Gasteiger partial charge in [0.05, 0.1) is 35.4 Å². The number of aliphatic hydroxyl groups is 2. The average molecular weight is 1050 g/mol. The lowest BCUT2D eigenvalue weighted by Gasteiger charge is -2.28. The van der Waals surface area contributed by atoms with E-state index in [-0.39, 0.29) is 36.6 Å². The fourth-order valence-electron chi connectivity index (χ4n) is 7.59. The number of carbonyl (C=O) groups is 4. The minimum atomic E-state index is -1.47. The Labute approximate surface area is 432 Å². The van der Waals surface area contributed by atoms with Crippen LogP contribution in [0.25, 0.3) is 22.3 Å². The third-order valence-electron chi connectivity index (χ3n) is 11.6. The summed E-state index contributed by atoms with van der Waals surface area (Å²) in [5.41, 5.74) is 8.47. The quantitative estimate of drug-likeness (QED) is 0.0354. The van der Waals surface area contributed by atoms with Gasteiger partial charge in [-0.1, -0.05) is 110 Å². The van der Waals surface area contributed by atoms with E-state index < -0.39 is 65.8 Å². The van der Waals surface area contributed by atoms with Crippen LogP contribution >= 0.6 is 23.2 Å². The molecule has 0 aliphatic carbocycles. The van der Waals surface area contributed by atoms with Crippen molar-refractivity contribution in [1.82, 2.24) is 15.6 Å². The predicted octanol–water partition coefficient (Wildman–Crippen LogP) is 10.2.